The molecule has 1 unspecified atom stereocenters. The maximum Gasteiger partial charge on any atom is 0.240 e. The molecule has 7 heteroatoms. The smallest absolute Gasteiger partial charge is 0.240 e. The van der Waals surface area contributed by atoms with E-state index in [2.05, 4.69) is 20.4 Å². The second-order valence-corrected chi connectivity index (χ2v) is 6.97. The highest BCUT2D eigenvalue weighted by molar-refractivity contribution is 8.06. The molecular weight excluding hydrogens is 268 g/mol. The van der Waals surface area contributed by atoms with Crippen LogP contribution in [-0.2, 0) is 6.54 Å². The van der Waals surface area contributed by atoms with Crippen molar-refractivity contribution in [2.45, 2.75) is 11.8 Å². The first-order valence-electron chi connectivity index (χ1n) is 6.37. The highest BCUT2D eigenvalue weighted by atomic mass is 32.2. The van der Waals surface area contributed by atoms with E-state index in [0.717, 1.165) is 50.2 Å². The van der Waals surface area contributed by atoms with Crippen molar-refractivity contribution < 1.29 is 4.52 Å². The molecule has 3 heterocycles. The summed E-state index contributed by atoms with van der Waals surface area (Å²) >= 11 is 3.93. The fraction of sp³-hybridized carbons (Fsp3) is 0.818. The summed E-state index contributed by atoms with van der Waals surface area (Å²) in [6.07, 6.45) is 0. The lowest BCUT2D eigenvalue weighted by atomic mass is 10.3. The number of nitrogens with one attached hydrogen (secondary N) is 1. The molecule has 0 spiro atoms. The minimum absolute atomic E-state index is 0.421. The van der Waals surface area contributed by atoms with Crippen molar-refractivity contribution in [3.05, 3.63) is 11.7 Å². The molecule has 2 aliphatic heterocycles. The quantitative estimate of drug-likeness (QED) is 0.889. The third-order valence-corrected chi connectivity index (χ3v) is 5.91. The van der Waals surface area contributed by atoms with E-state index in [4.69, 9.17) is 4.52 Å². The van der Waals surface area contributed by atoms with Crippen LogP contribution >= 0.6 is 23.5 Å². The predicted molar refractivity (Wildman–Crippen MR) is 75.0 cm³/mol. The summed E-state index contributed by atoms with van der Waals surface area (Å²) in [6, 6.07) is 0. The van der Waals surface area contributed by atoms with E-state index < -0.39 is 0 Å². The van der Waals surface area contributed by atoms with Crippen molar-refractivity contribution in [1.29, 1.82) is 0 Å². The van der Waals surface area contributed by atoms with Gasteiger partial charge < -0.3 is 9.84 Å². The summed E-state index contributed by atoms with van der Waals surface area (Å²) in [5, 5.41) is 7.91. The van der Waals surface area contributed by atoms with Crippen LogP contribution in [-0.4, -0.2) is 58.5 Å². The van der Waals surface area contributed by atoms with Crippen LogP contribution in [0.4, 0.5) is 0 Å². The van der Waals surface area contributed by atoms with Gasteiger partial charge in [0.2, 0.25) is 5.89 Å². The van der Waals surface area contributed by atoms with Gasteiger partial charge in [-0.15, -0.1) is 11.8 Å². The lowest BCUT2D eigenvalue weighted by Crippen LogP contribution is -2.42. The van der Waals surface area contributed by atoms with Crippen molar-refractivity contribution in [3.63, 3.8) is 0 Å². The van der Waals surface area contributed by atoms with Crippen molar-refractivity contribution in [2.24, 2.45) is 0 Å². The summed E-state index contributed by atoms with van der Waals surface area (Å²) in [4.78, 5) is 6.91. The van der Waals surface area contributed by atoms with Crippen molar-refractivity contribution in [1.82, 2.24) is 20.4 Å². The Labute approximate surface area is 115 Å². The number of aromatic nitrogens is 2. The van der Waals surface area contributed by atoms with Crippen LogP contribution in [0, 0.1) is 0 Å². The number of nitrogens with zero attached hydrogens (tertiary/aromatic N) is 3. The van der Waals surface area contributed by atoms with Crippen LogP contribution in [0.1, 0.15) is 17.0 Å². The van der Waals surface area contributed by atoms with Gasteiger partial charge in [0.05, 0.1) is 11.8 Å². The second kappa shape index (κ2) is 6.27. The maximum absolute atomic E-state index is 5.37. The summed E-state index contributed by atoms with van der Waals surface area (Å²) in [5.74, 6) is 5.20. The lowest BCUT2D eigenvalue weighted by Gasteiger charge is -2.25. The number of thioether (sulfide) groups is 2. The second-order valence-electron chi connectivity index (χ2n) is 4.51. The van der Waals surface area contributed by atoms with E-state index in [1.165, 1.54) is 11.5 Å². The van der Waals surface area contributed by atoms with E-state index in [1.807, 2.05) is 23.5 Å². The van der Waals surface area contributed by atoms with Crippen LogP contribution in [0.15, 0.2) is 4.52 Å². The Morgan fingerprint density at radius 3 is 3.00 bits per heavy atom. The van der Waals surface area contributed by atoms with Gasteiger partial charge >= 0.3 is 0 Å². The Hall–Kier alpha value is -0.240. The van der Waals surface area contributed by atoms with Crippen LogP contribution in [0.3, 0.4) is 0 Å². The fourth-order valence-corrected chi connectivity index (χ4v) is 4.75. The minimum atomic E-state index is 0.421. The van der Waals surface area contributed by atoms with E-state index >= 15 is 0 Å². The molecule has 2 saturated heterocycles. The molecule has 1 atom stereocenters. The first-order chi connectivity index (χ1) is 8.92. The molecule has 1 aromatic heterocycles. The minimum Gasteiger partial charge on any atom is -0.338 e. The molecular formula is C11H18N4OS2. The molecule has 0 amide bonds. The van der Waals surface area contributed by atoms with Crippen LogP contribution in [0.5, 0.6) is 0 Å². The third-order valence-electron chi connectivity index (χ3n) is 3.16. The molecule has 1 N–H and O–H groups in total. The van der Waals surface area contributed by atoms with E-state index in [0.29, 0.717) is 5.25 Å². The topological polar surface area (TPSA) is 54.2 Å². The van der Waals surface area contributed by atoms with Crippen molar-refractivity contribution >= 4 is 23.5 Å². The average Bonchev–Trinajstić information content (AvgIpc) is 2.89. The highest BCUT2D eigenvalue weighted by Gasteiger charge is 2.22. The van der Waals surface area contributed by atoms with Gasteiger partial charge in [0.1, 0.15) is 0 Å². The number of rotatable bonds is 3. The molecule has 5 nitrogen and oxygen atoms in total. The summed E-state index contributed by atoms with van der Waals surface area (Å²) < 4.78 is 5.37. The van der Waals surface area contributed by atoms with Gasteiger partial charge in [-0.1, -0.05) is 5.16 Å². The largest absolute Gasteiger partial charge is 0.338 e. The number of hydrogen-bond donors (Lipinski definition) is 1. The predicted octanol–water partition coefficient (Wildman–Crippen LogP) is 0.996. The molecule has 3 rings (SSSR count). The molecule has 0 aromatic carbocycles. The standard InChI is InChI=1S/C11H18N4OS2/c1-3-15(4-2-12-1)7-10-13-11(14-16-10)9-8-17-5-6-18-9/h9,12H,1-8H2. The van der Waals surface area contributed by atoms with E-state index in [9.17, 15) is 0 Å². The highest BCUT2D eigenvalue weighted by Crippen LogP contribution is 2.35. The zero-order chi connectivity index (χ0) is 12.2. The van der Waals surface area contributed by atoms with Gasteiger partial charge in [-0.25, -0.2) is 0 Å². The van der Waals surface area contributed by atoms with Gasteiger partial charge in [0.25, 0.3) is 0 Å². The van der Waals surface area contributed by atoms with Gasteiger partial charge in [-0.05, 0) is 0 Å². The van der Waals surface area contributed by atoms with Crippen molar-refractivity contribution in [3.8, 4) is 0 Å². The Morgan fingerprint density at radius 1 is 1.33 bits per heavy atom. The van der Waals surface area contributed by atoms with Crippen molar-refractivity contribution in [2.75, 3.05) is 43.4 Å². The molecule has 0 saturated carbocycles. The molecule has 2 aliphatic rings. The molecule has 2 fully saturated rings. The Bertz CT molecular complexity index is 375. The van der Waals surface area contributed by atoms with Gasteiger partial charge in [-0.3, -0.25) is 4.90 Å². The zero-order valence-electron chi connectivity index (χ0n) is 10.3. The Balaban J connectivity index is 1.58. The van der Waals surface area contributed by atoms with Gasteiger partial charge in [0.15, 0.2) is 5.82 Å². The molecule has 0 aliphatic carbocycles. The number of piperazine rings is 1. The third kappa shape index (κ3) is 3.20. The summed E-state index contributed by atoms with van der Waals surface area (Å²) in [5.41, 5.74) is 0. The molecule has 18 heavy (non-hydrogen) atoms. The van der Waals surface area contributed by atoms with Gasteiger partial charge in [0, 0.05) is 43.4 Å². The molecule has 0 radical (unpaired) electrons. The fourth-order valence-electron chi connectivity index (χ4n) is 2.16. The summed E-state index contributed by atoms with van der Waals surface area (Å²) in [7, 11) is 0. The number of hydrogen-bond acceptors (Lipinski definition) is 7. The molecule has 0 bridgehead atoms. The molecule has 1 aromatic rings. The lowest BCUT2D eigenvalue weighted by molar-refractivity contribution is 0.203. The van der Waals surface area contributed by atoms with E-state index in [1.54, 1.807) is 0 Å². The molecule has 100 valence electrons. The SMILES string of the molecule is C1CN(Cc2nc(C3CSCCS3)no2)CCN1. The average molecular weight is 286 g/mol. The van der Waals surface area contributed by atoms with E-state index in [-0.39, 0.29) is 0 Å². The first kappa shape index (κ1) is 12.8. The van der Waals surface area contributed by atoms with Crippen LogP contribution in [0.2, 0.25) is 0 Å². The van der Waals surface area contributed by atoms with Crippen LogP contribution < -0.4 is 5.32 Å². The maximum atomic E-state index is 5.37. The van der Waals surface area contributed by atoms with Crippen LogP contribution in [0.25, 0.3) is 0 Å². The summed E-state index contributed by atoms with van der Waals surface area (Å²) in [6.45, 7) is 5.02. The zero-order valence-corrected chi connectivity index (χ0v) is 11.9. The first-order valence-corrected chi connectivity index (χ1v) is 8.57. The van der Waals surface area contributed by atoms with Gasteiger partial charge in [-0.2, -0.15) is 16.7 Å². The Kier molecular flexibility index (Phi) is 4.45. The normalized spacial score (nSPS) is 26.3. The Morgan fingerprint density at radius 2 is 2.22 bits per heavy atom. The monoisotopic (exact) mass is 286 g/mol.